The summed E-state index contributed by atoms with van der Waals surface area (Å²) in [5.74, 6) is 0.709. The van der Waals surface area contributed by atoms with Gasteiger partial charge in [-0.1, -0.05) is 63.4 Å². The van der Waals surface area contributed by atoms with Crippen LogP contribution in [0.1, 0.15) is 21.5 Å². The average molecular weight is 340 g/mol. The smallest absolute Gasteiger partial charge is 0.137 e. The van der Waals surface area contributed by atoms with Gasteiger partial charge in [-0.2, -0.15) is 0 Å². The molecule has 0 aliphatic carbocycles. The average Bonchev–Trinajstić information content (AvgIpc) is 2.41. The second-order valence-corrected chi connectivity index (χ2v) is 6.06. The van der Waals surface area contributed by atoms with Gasteiger partial charge >= 0.3 is 0 Å². The van der Waals surface area contributed by atoms with Gasteiger partial charge in [0, 0.05) is 4.83 Å². The monoisotopic (exact) mass is 338 g/mol. The molecule has 0 spiro atoms. The largest absolute Gasteiger partial charge is 0.495 e. The summed E-state index contributed by atoms with van der Waals surface area (Å²) >= 11 is 9.87. The van der Waals surface area contributed by atoms with Crippen molar-refractivity contribution in [1.29, 1.82) is 0 Å². The highest BCUT2D eigenvalue weighted by Crippen LogP contribution is 2.32. The van der Waals surface area contributed by atoms with Gasteiger partial charge in [0.05, 0.1) is 12.1 Å². The van der Waals surface area contributed by atoms with E-state index < -0.39 is 0 Å². The number of benzene rings is 2. The molecule has 19 heavy (non-hydrogen) atoms. The molecule has 1 atom stereocenters. The highest BCUT2D eigenvalue weighted by atomic mass is 79.9. The highest BCUT2D eigenvalue weighted by molar-refractivity contribution is 9.09. The maximum Gasteiger partial charge on any atom is 0.137 e. The standard InChI is InChI=1S/C16H16BrClO/c1-11-3-5-12(6-4-11)9-14(17)13-7-8-16(19-2)15(18)10-13/h3-8,10,14H,9H2,1-2H3. The molecular weight excluding hydrogens is 324 g/mol. The molecule has 0 saturated carbocycles. The zero-order valence-electron chi connectivity index (χ0n) is 11.0. The van der Waals surface area contributed by atoms with Crippen molar-refractivity contribution in [2.45, 2.75) is 18.2 Å². The summed E-state index contributed by atoms with van der Waals surface area (Å²) in [6, 6.07) is 14.5. The van der Waals surface area contributed by atoms with Crippen molar-refractivity contribution >= 4 is 27.5 Å². The lowest BCUT2D eigenvalue weighted by Crippen LogP contribution is -1.96. The zero-order chi connectivity index (χ0) is 13.8. The zero-order valence-corrected chi connectivity index (χ0v) is 13.3. The molecule has 0 radical (unpaired) electrons. The number of aryl methyl sites for hydroxylation is 1. The number of methoxy groups -OCH3 is 1. The van der Waals surface area contributed by atoms with E-state index in [1.807, 2.05) is 18.2 Å². The molecule has 0 aliphatic rings. The Hall–Kier alpha value is -0.990. The van der Waals surface area contributed by atoms with Crippen LogP contribution in [0.25, 0.3) is 0 Å². The lowest BCUT2D eigenvalue weighted by atomic mass is 10.0. The normalized spacial score (nSPS) is 12.2. The Labute approximate surface area is 127 Å². The van der Waals surface area contributed by atoms with Crippen LogP contribution in [0.3, 0.4) is 0 Å². The second kappa shape index (κ2) is 6.44. The summed E-state index contributed by atoms with van der Waals surface area (Å²) < 4.78 is 5.16. The van der Waals surface area contributed by atoms with Crippen molar-refractivity contribution in [3.8, 4) is 5.75 Å². The van der Waals surface area contributed by atoms with E-state index in [4.69, 9.17) is 16.3 Å². The van der Waals surface area contributed by atoms with E-state index in [1.54, 1.807) is 7.11 Å². The van der Waals surface area contributed by atoms with E-state index in [0.717, 1.165) is 12.0 Å². The van der Waals surface area contributed by atoms with Gasteiger partial charge < -0.3 is 4.74 Å². The fourth-order valence-electron chi connectivity index (χ4n) is 1.93. The van der Waals surface area contributed by atoms with Crippen molar-refractivity contribution in [3.05, 3.63) is 64.2 Å². The third-order valence-electron chi connectivity index (χ3n) is 3.07. The molecule has 100 valence electrons. The van der Waals surface area contributed by atoms with Gasteiger partial charge in [0.2, 0.25) is 0 Å². The third kappa shape index (κ3) is 3.74. The first kappa shape index (κ1) is 14.4. The SMILES string of the molecule is COc1ccc(C(Br)Cc2ccc(C)cc2)cc1Cl. The first-order valence-electron chi connectivity index (χ1n) is 6.13. The number of hydrogen-bond donors (Lipinski definition) is 0. The lowest BCUT2D eigenvalue weighted by Gasteiger charge is -2.12. The highest BCUT2D eigenvalue weighted by Gasteiger charge is 2.11. The molecule has 1 nitrogen and oxygen atoms in total. The van der Waals surface area contributed by atoms with E-state index in [-0.39, 0.29) is 4.83 Å². The van der Waals surface area contributed by atoms with Gasteiger partial charge in [-0.15, -0.1) is 0 Å². The van der Waals surface area contributed by atoms with Gasteiger partial charge in [0.25, 0.3) is 0 Å². The van der Waals surface area contributed by atoms with Crippen molar-refractivity contribution in [2.75, 3.05) is 7.11 Å². The topological polar surface area (TPSA) is 9.23 Å². The van der Waals surface area contributed by atoms with Crippen molar-refractivity contribution in [2.24, 2.45) is 0 Å². The van der Waals surface area contributed by atoms with Crippen LogP contribution in [-0.2, 0) is 6.42 Å². The molecular formula is C16H16BrClO. The van der Waals surface area contributed by atoms with E-state index in [0.29, 0.717) is 10.8 Å². The summed E-state index contributed by atoms with van der Waals surface area (Å²) in [4.78, 5) is 0.249. The van der Waals surface area contributed by atoms with Gasteiger partial charge in [0.15, 0.2) is 0 Å². The number of halogens is 2. The van der Waals surface area contributed by atoms with Gasteiger partial charge in [-0.05, 0) is 36.6 Å². The van der Waals surface area contributed by atoms with Crippen molar-refractivity contribution in [3.63, 3.8) is 0 Å². The third-order valence-corrected chi connectivity index (χ3v) is 4.22. The van der Waals surface area contributed by atoms with Crippen LogP contribution in [-0.4, -0.2) is 7.11 Å². The predicted molar refractivity (Wildman–Crippen MR) is 84.6 cm³/mol. The van der Waals surface area contributed by atoms with Crippen LogP contribution < -0.4 is 4.74 Å². The summed E-state index contributed by atoms with van der Waals surface area (Å²) in [6.45, 7) is 2.10. The molecule has 0 fully saturated rings. The fourth-order valence-corrected chi connectivity index (χ4v) is 2.85. The Morgan fingerprint density at radius 3 is 2.42 bits per heavy atom. The summed E-state index contributed by atoms with van der Waals surface area (Å²) in [5, 5.41) is 0.647. The van der Waals surface area contributed by atoms with Crippen LogP contribution in [0.15, 0.2) is 42.5 Å². The maximum atomic E-state index is 6.15. The molecule has 1 unspecified atom stereocenters. The first-order chi connectivity index (χ1) is 9.10. The maximum absolute atomic E-state index is 6.15. The van der Waals surface area contributed by atoms with Gasteiger partial charge in [-0.3, -0.25) is 0 Å². The molecule has 0 saturated heterocycles. The predicted octanol–water partition coefficient (Wildman–Crippen LogP) is 5.34. The van der Waals surface area contributed by atoms with Crippen molar-refractivity contribution in [1.82, 2.24) is 0 Å². The molecule has 0 amide bonds. The number of ether oxygens (including phenoxy) is 1. The van der Waals surface area contributed by atoms with Crippen LogP contribution in [0.5, 0.6) is 5.75 Å². The minimum Gasteiger partial charge on any atom is -0.495 e. The van der Waals surface area contributed by atoms with Crippen LogP contribution >= 0.6 is 27.5 Å². The Morgan fingerprint density at radius 1 is 1.16 bits per heavy atom. The molecule has 0 aliphatic heterocycles. The minimum atomic E-state index is 0.249. The number of alkyl halides is 1. The lowest BCUT2D eigenvalue weighted by molar-refractivity contribution is 0.415. The molecule has 0 bridgehead atoms. The summed E-state index contributed by atoms with van der Waals surface area (Å²) in [7, 11) is 1.62. The Bertz CT molecular complexity index is 551. The minimum absolute atomic E-state index is 0.249. The van der Waals surface area contributed by atoms with E-state index in [2.05, 4.69) is 47.1 Å². The Balaban J connectivity index is 2.13. The van der Waals surface area contributed by atoms with Gasteiger partial charge in [0.1, 0.15) is 5.75 Å². The van der Waals surface area contributed by atoms with Crippen LogP contribution in [0, 0.1) is 6.92 Å². The van der Waals surface area contributed by atoms with Crippen LogP contribution in [0.2, 0.25) is 5.02 Å². The number of hydrogen-bond acceptors (Lipinski definition) is 1. The molecule has 2 rings (SSSR count). The second-order valence-electron chi connectivity index (χ2n) is 4.55. The molecule has 2 aromatic rings. The fraction of sp³-hybridized carbons (Fsp3) is 0.250. The van der Waals surface area contributed by atoms with E-state index in [1.165, 1.54) is 11.1 Å². The molecule has 2 aromatic carbocycles. The summed E-state index contributed by atoms with van der Waals surface area (Å²) in [6.07, 6.45) is 0.933. The molecule has 0 N–H and O–H groups in total. The molecule has 0 heterocycles. The summed E-state index contributed by atoms with van der Waals surface area (Å²) in [5.41, 5.74) is 3.74. The quantitative estimate of drug-likeness (QED) is 0.684. The molecule has 0 aromatic heterocycles. The van der Waals surface area contributed by atoms with E-state index >= 15 is 0 Å². The van der Waals surface area contributed by atoms with E-state index in [9.17, 15) is 0 Å². The number of rotatable bonds is 4. The molecule has 3 heteroatoms. The van der Waals surface area contributed by atoms with Gasteiger partial charge in [-0.25, -0.2) is 0 Å². The van der Waals surface area contributed by atoms with Crippen molar-refractivity contribution < 1.29 is 4.74 Å². The first-order valence-corrected chi connectivity index (χ1v) is 7.42. The Kier molecular flexibility index (Phi) is 4.89. The van der Waals surface area contributed by atoms with Crippen LogP contribution in [0.4, 0.5) is 0 Å². The Morgan fingerprint density at radius 2 is 1.84 bits per heavy atom.